The lowest BCUT2D eigenvalue weighted by Crippen LogP contribution is -2.05. The summed E-state index contributed by atoms with van der Waals surface area (Å²) in [6.07, 6.45) is 0.786. The van der Waals surface area contributed by atoms with E-state index in [1.165, 1.54) is 0 Å². The third-order valence-electron chi connectivity index (χ3n) is 1.90. The highest BCUT2D eigenvalue weighted by Gasteiger charge is 2.06. The molecule has 3 heteroatoms. The molecule has 0 saturated carbocycles. The zero-order chi connectivity index (χ0) is 11.3. The molecule has 0 aromatic heterocycles. The van der Waals surface area contributed by atoms with Crippen LogP contribution >= 0.6 is 0 Å². The Balaban J connectivity index is 2.82. The standard InChI is InChI=1S/C12H16O3/c1-9(2)8-15-11-5-4-10(7-13)6-12(11)14-3/h4-7,9H,8H2,1-3H3. The van der Waals surface area contributed by atoms with E-state index < -0.39 is 0 Å². The first kappa shape index (κ1) is 11.6. The number of carbonyl (C=O) groups is 1. The fraction of sp³-hybridized carbons (Fsp3) is 0.417. The van der Waals surface area contributed by atoms with E-state index in [4.69, 9.17) is 9.47 Å². The predicted octanol–water partition coefficient (Wildman–Crippen LogP) is 2.54. The number of aldehydes is 1. The van der Waals surface area contributed by atoms with Gasteiger partial charge in [-0.05, 0) is 24.1 Å². The first-order valence-electron chi connectivity index (χ1n) is 4.93. The van der Waals surface area contributed by atoms with Crippen LogP contribution in [0.15, 0.2) is 18.2 Å². The number of rotatable bonds is 5. The number of methoxy groups -OCH3 is 1. The van der Waals surface area contributed by atoms with Gasteiger partial charge in [-0.3, -0.25) is 4.79 Å². The molecule has 1 aromatic carbocycles. The molecule has 1 aromatic rings. The van der Waals surface area contributed by atoms with Gasteiger partial charge in [0, 0.05) is 5.56 Å². The number of hydrogen-bond donors (Lipinski definition) is 0. The molecule has 3 nitrogen and oxygen atoms in total. The highest BCUT2D eigenvalue weighted by molar-refractivity contribution is 5.76. The van der Waals surface area contributed by atoms with Crippen molar-refractivity contribution in [2.24, 2.45) is 5.92 Å². The van der Waals surface area contributed by atoms with Crippen LogP contribution in [0.3, 0.4) is 0 Å². The molecule has 0 unspecified atom stereocenters. The number of hydrogen-bond acceptors (Lipinski definition) is 3. The van der Waals surface area contributed by atoms with Crippen LogP contribution in [0.4, 0.5) is 0 Å². The molecule has 0 aliphatic rings. The third-order valence-corrected chi connectivity index (χ3v) is 1.90. The van der Waals surface area contributed by atoms with Crippen LogP contribution in [0.2, 0.25) is 0 Å². The molecule has 0 amide bonds. The van der Waals surface area contributed by atoms with Crippen molar-refractivity contribution < 1.29 is 14.3 Å². The summed E-state index contributed by atoms with van der Waals surface area (Å²) in [4.78, 5) is 10.6. The summed E-state index contributed by atoms with van der Waals surface area (Å²) in [5, 5.41) is 0. The number of carbonyl (C=O) groups excluding carboxylic acids is 1. The largest absolute Gasteiger partial charge is 0.493 e. The summed E-state index contributed by atoms with van der Waals surface area (Å²) < 4.78 is 10.7. The van der Waals surface area contributed by atoms with Gasteiger partial charge in [-0.2, -0.15) is 0 Å². The van der Waals surface area contributed by atoms with Crippen LogP contribution in [0, 0.1) is 5.92 Å². The molecule has 0 radical (unpaired) electrons. The Bertz CT molecular complexity index is 332. The van der Waals surface area contributed by atoms with E-state index in [2.05, 4.69) is 13.8 Å². The molecular formula is C12H16O3. The van der Waals surface area contributed by atoms with Crippen LogP contribution in [0.25, 0.3) is 0 Å². The maximum Gasteiger partial charge on any atom is 0.161 e. The quantitative estimate of drug-likeness (QED) is 0.697. The van der Waals surface area contributed by atoms with E-state index in [0.29, 0.717) is 29.6 Å². The van der Waals surface area contributed by atoms with E-state index in [1.54, 1.807) is 25.3 Å². The predicted molar refractivity (Wildman–Crippen MR) is 58.7 cm³/mol. The second kappa shape index (κ2) is 5.39. The van der Waals surface area contributed by atoms with Crippen molar-refractivity contribution in [1.29, 1.82) is 0 Å². The first-order valence-corrected chi connectivity index (χ1v) is 4.93. The van der Waals surface area contributed by atoms with Gasteiger partial charge in [0.2, 0.25) is 0 Å². The average molecular weight is 208 g/mol. The molecule has 0 fully saturated rings. The lowest BCUT2D eigenvalue weighted by atomic mass is 10.2. The van der Waals surface area contributed by atoms with Crippen molar-refractivity contribution in [2.75, 3.05) is 13.7 Å². The second-order valence-corrected chi connectivity index (χ2v) is 3.73. The second-order valence-electron chi connectivity index (χ2n) is 3.73. The molecule has 0 aliphatic heterocycles. The molecular weight excluding hydrogens is 192 g/mol. The SMILES string of the molecule is COc1cc(C=O)ccc1OCC(C)C. The van der Waals surface area contributed by atoms with Gasteiger partial charge in [0.05, 0.1) is 13.7 Å². The van der Waals surface area contributed by atoms with Gasteiger partial charge >= 0.3 is 0 Å². The summed E-state index contributed by atoms with van der Waals surface area (Å²) in [7, 11) is 1.56. The molecule has 0 bridgehead atoms. The van der Waals surface area contributed by atoms with Crippen LogP contribution in [0.5, 0.6) is 11.5 Å². The van der Waals surface area contributed by atoms with Crippen LogP contribution in [-0.2, 0) is 0 Å². The maximum atomic E-state index is 10.6. The number of ether oxygens (including phenoxy) is 2. The van der Waals surface area contributed by atoms with Gasteiger partial charge in [-0.1, -0.05) is 13.8 Å². The van der Waals surface area contributed by atoms with E-state index in [0.717, 1.165) is 6.29 Å². The van der Waals surface area contributed by atoms with Gasteiger partial charge in [0.15, 0.2) is 11.5 Å². The van der Waals surface area contributed by atoms with Crippen LogP contribution in [-0.4, -0.2) is 20.0 Å². The Labute approximate surface area is 90.0 Å². The third kappa shape index (κ3) is 3.27. The van der Waals surface area contributed by atoms with E-state index in [1.807, 2.05) is 0 Å². The Hall–Kier alpha value is -1.51. The van der Waals surface area contributed by atoms with Crippen molar-refractivity contribution in [3.8, 4) is 11.5 Å². The minimum atomic E-state index is 0.459. The van der Waals surface area contributed by atoms with Crippen molar-refractivity contribution >= 4 is 6.29 Å². The summed E-state index contributed by atoms with van der Waals surface area (Å²) in [6, 6.07) is 5.14. The molecule has 82 valence electrons. The molecule has 0 spiro atoms. The lowest BCUT2D eigenvalue weighted by molar-refractivity contribution is 0.112. The molecule has 0 saturated heterocycles. The molecule has 0 atom stereocenters. The Morgan fingerprint density at radius 2 is 2.07 bits per heavy atom. The van der Waals surface area contributed by atoms with Crippen LogP contribution in [0.1, 0.15) is 24.2 Å². The topological polar surface area (TPSA) is 35.5 Å². The molecule has 0 N–H and O–H groups in total. The van der Waals surface area contributed by atoms with Gasteiger partial charge in [0.25, 0.3) is 0 Å². The summed E-state index contributed by atoms with van der Waals surface area (Å²) >= 11 is 0. The van der Waals surface area contributed by atoms with Gasteiger partial charge in [0.1, 0.15) is 6.29 Å². The monoisotopic (exact) mass is 208 g/mol. The molecule has 1 rings (SSSR count). The highest BCUT2D eigenvalue weighted by Crippen LogP contribution is 2.27. The molecule has 0 heterocycles. The summed E-state index contributed by atoms with van der Waals surface area (Å²) in [6.45, 7) is 4.79. The Kier molecular flexibility index (Phi) is 4.16. The van der Waals surface area contributed by atoms with Gasteiger partial charge < -0.3 is 9.47 Å². The lowest BCUT2D eigenvalue weighted by Gasteiger charge is -2.12. The molecule has 0 aliphatic carbocycles. The number of benzene rings is 1. The van der Waals surface area contributed by atoms with Crippen molar-refractivity contribution in [1.82, 2.24) is 0 Å². The summed E-state index contributed by atoms with van der Waals surface area (Å²) in [5.74, 6) is 1.73. The van der Waals surface area contributed by atoms with Crippen molar-refractivity contribution in [3.05, 3.63) is 23.8 Å². The Morgan fingerprint density at radius 3 is 2.60 bits per heavy atom. The fourth-order valence-corrected chi connectivity index (χ4v) is 1.13. The highest BCUT2D eigenvalue weighted by atomic mass is 16.5. The van der Waals surface area contributed by atoms with Gasteiger partial charge in [-0.15, -0.1) is 0 Å². The smallest absolute Gasteiger partial charge is 0.161 e. The maximum absolute atomic E-state index is 10.6. The average Bonchev–Trinajstić information content (AvgIpc) is 2.25. The minimum absolute atomic E-state index is 0.459. The van der Waals surface area contributed by atoms with E-state index >= 15 is 0 Å². The first-order chi connectivity index (χ1) is 7.17. The van der Waals surface area contributed by atoms with E-state index in [9.17, 15) is 4.79 Å². The van der Waals surface area contributed by atoms with Gasteiger partial charge in [-0.25, -0.2) is 0 Å². The zero-order valence-electron chi connectivity index (χ0n) is 9.32. The zero-order valence-corrected chi connectivity index (χ0v) is 9.32. The fourth-order valence-electron chi connectivity index (χ4n) is 1.13. The molecule has 15 heavy (non-hydrogen) atoms. The minimum Gasteiger partial charge on any atom is -0.493 e. The van der Waals surface area contributed by atoms with Crippen molar-refractivity contribution in [3.63, 3.8) is 0 Å². The summed E-state index contributed by atoms with van der Waals surface area (Å²) in [5.41, 5.74) is 0.587. The normalized spacial score (nSPS) is 10.1. The van der Waals surface area contributed by atoms with Crippen molar-refractivity contribution in [2.45, 2.75) is 13.8 Å². The van der Waals surface area contributed by atoms with Crippen LogP contribution < -0.4 is 9.47 Å². The van der Waals surface area contributed by atoms with E-state index in [-0.39, 0.29) is 0 Å². The Morgan fingerprint density at radius 1 is 1.33 bits per heavy atom.